The van der Waals surface area contributed by atoms with Crippen LogP contribution >= 0.6 is 11.3 Å². The molecule has 0 bridgehead atoms. The molecule has 4 nitrogen and oxygen atoms in total. The summed E-state index contributed by atoms with van der Waals surface area (Å²) in [6, 6.07) is 0. The zero-order valence-electron chi connectivity index (χ0n) is 12.0. The Balaban J connectivity index is 2.04. The van der Waals surface area contributed by atoms with Gasteiger partial charge in [-0.25, -0.2) is 4.98 Å². The quantitative estimate of drug-likeness (QED) is 0.900. The lowest BCUT2D eigenvalue weighted by molar-refractivity contribution is -0.140. The first kappa shape index (κ1) is 14.5. The molecule has 1 amide bonds. The smallest absolute Gasteiger partial charge is 0.230 e. The Kier molecular flexibility index (Phi) is 4.58. The fraction of sp³-hybridized carbons (Fsp3) is 0.714. The van der Waals surface area contributed by atoms with Crippen LogP contribution < -0.4 is 5.32 Å². The summed E-state index contributed by atoms with van der Waals surface area (Å²) < 4.78 is 0. The molecule has 1 aliphatic rings. The van der Waals surface area contributed by atoms with Gasteiger partial charge in [0.15, 0.2) is 0 Å². The van der Waals surface area contributed by atoms with Gasteiger partial charge in [0.05, 0.1) is 22.7 Å². The van der Waals surface area contributed by atoms with E-state index in [0.29, 0.717) is 6.54 Å². The van der Waals surface area contributed by atoms with E-state index >= 15 is 0 Å². The third-order valence-electron chi connectivity index (χ3n) is 3.84. The molecule has 1 saturated heterocycles. The molecular weight excluding hydrogens is 258 g/mol. The highest BCUT2D eigenvalue weighted by Gasteiger charge is 2.41. The van der Waals surface area contributed by atoms with E-state index in [1.165, 1.54) is 0 Å². The summed E-state index contributed by atoms with van der Waals surface area (Å²) in [5, 5.41) is 6.44. The van der Waals surface area contributed by atoms with Gasteiger partial charge in [0.25, 0.3) is 0 Å². The highest BCUT2D eigenvalue weighted by Crippen LogP contribution is 2.33. The summed E-state index contributed by atoms with van der Waals surface area (Å²) >= 11 is 1.64. The highest BCUT2D eigenvalue weighted by atomic mass is 32.1. The molecule has 1 atom stereocenters. The summed E-state index contributed by atoms with van der Waals surface area (Å²) in [6.07, 6.45) is 2.98. The molecule has 0 radical (unpaired) electrons. The molecule has 5 heteroatoms. The van der Waals surface area contributed by atoms with Crippen LogP contribution in [0.15, 0.2) is 5.38 Å². The average molecular weight is 281 g/mol. The van der Waals surface area contributed by atoms with Gasteiger partial charge in [-0.1, -0.05) is 13.3 Å². The average Bonchev–Trinajstić information content (AvgIpc) is 2.99. The van der Waals surface area contributed by atoms with Crippen LogP contribution in [0.3, 0.4) is 0 Å². The number of aromatic nitrogens is 1. The zero-order valence-corrected chi connectivity index (χ0v) is 12.8. The number of thiazole rings is 1. The molecule has 0 aliphatic carbocycles. The number of nitrogens with zero attached hydrogens (tertiary/aromatic N) is 2. The lowest BCUT2D eigenvalue weighted by atomic mass is 9.81. The van der Waals surface area contributed by atoms with Crippen molar-refractivity contribution in [3.8, 4) is 0 Å². The van der Waals surface area contributed by atoms with Crippen molar-refractivity contribution in [3.05, 3.63) is 16.1 Å². The molecule has 0 aromatic carbocycles. The number of nitrogens with one attached hydrogen (secondary N) is 1. The minimum Gasteiger partial charge on any atom is -0.339 e. The number of amides is 1. The van der Waals surface area contributed by atoms with E-state index in [2.05, 4.69) is 17.2 Å². The van der Waals surface area contributed by atoms with Gasteiger partial charge in [-0.05, 0) is 26.3 Å². The minimum atomic E-state index is -0.186. The summed E-state index contributed by atoms with van der Waals surface area (Å²) in [7, 11) is 1.90. The molecule has 0 spiro atoms. The predicted molar refractivity (Wildman–Crippen MR) is 78.2 cm³/mol. The van der Waals surface area contributed by atoms with E-state index in [1.54, 1.807) is 11.3 Å². The number of hydrogen-bond donors (Lipinski definition) is 1. The maximum absolute atomic E-state index is 12.7. The number of rotatable bonds is 5. The molecule has 2 rings (SSSR count). The minimum absolute atomic E-state index is 0.186. The maximum atomic E-state index is 12.7. The molecule has 1 N–H and O–H groups in total. The standard InChI is InChI=1S/C14H23N3OS/c1-4-5-14(6-7-15-10-14)13(18)17(3)8-12-9-19-11(2)16-12/h9,15H,4-8,10H2,1-3H3. The lowest BCUT2D eigenvalue weighted by Crippen LogP contribution is -2.43. The molecule has 19 heavy (non-hydrogen) atoms. The van der Waals surface area contributed by atoms with Crippen LogP contribution in [-0.4, -0.2) is 35.9 Å². The second kappa shape index (κ2) is 6.01. The van der Waals surface area contributed by atoms with Crippen molar-refractivity contribution >= 4 is 17.2 Å². The summed E-state index contributed by atoms with van der Waals surface area (Å²) in [5.41, 5.74) is 0.810. The van der Waals surface area contributed by atoms with Crippen molar-refractivity contribution < 1.29 is 4.79 Å². The Morgan fingerprint density at radius 1 is 1.63 bits per heavy atom. The topological polar surface area (TPSA) is 45.2 Å². The van der Waals surface area contributed by atoms with Gasteiger partial charge in [-0.3, -0.25) is 4.79 Å². The second-order valence-electron chi connectivity index (χ2n) is 5.48. The largest absolute Gasteiger partial charge is 0.339 e. The molecule has 1 fully saturated rings. The van der Waals surface area contributed by atoms with Crippen LogP contribution in [0, 0.1) is 12.3 Å². The third kappa shape index (κ3) is 3.15. The lowest BCUT2D eigenvalue weighted by Gasteiger charge is -2.31. The van der Waals surface area contributed by atoms with E-state index in [-0.39, 0.29) is 11.3 Å². The summed E-state index contributed by atoms with van der Waals surface area (Å²) in [6.45, 7) is 6.54. The molecule has 1 aliphatic heterocycles. The van der Waals surface area contributed by atoms with E-state index in [1.807, 2.05) is 24.3 Å². The maximum Gasteiger partial charge on any atom is 0.230 e. The fourth-order valence-electron chi connectivity index (χ4n) is 2.93. The van der Waals surface area contributed by atoms with E-state index in [0.717, 1.165) is 43.1 Å². The molecule has 1 aromatic heterocycles. The van der Waals surface area contributed by atoms with Gasteiger partial charge >= 0.3 is 0 Å². The third-order valence-corrected chi connectivity index (χ3v) is 4.66. The van der Waals surface area contributed by atoms with Crippen molar-refractivity contribution in [2.75, 3.05) is 20.1 Å². The Bertz CT molecular complexity index is 438. The Hall–Kier alpha value is -0.940. The van der Waals surface area contributed by atoms with Crippen molar-refractivity contribution in [2.45, 2.75) is 39.7 Å². The van der Waals surface area contributed by atoms with Gasteiger partial charge in [0.2, 0.25) is 5.91 Å². The first-order valence-electron chi connectivity index (χ1n) is 6.95. The van der Waals surface area contributed by atoms with Crippen molar-refractivity contribution in [1.82, 2.24) is 15.2 Å². The zero-order chi connectivity index (χ0) is 13.9. The molecule has 1 unspecified atom stereocenters. The molecule has 1 aromatic rings. The predicted octanol–water partition coefficient (Wildman–Crippen LogP) is 2.19. The van der Waals surface area contributed by atoms with Gasteiger partial charge in [0.1, 0.15) is 0 Å². The monoisotopic (exact) mass is 281 g/mol. The number of carbonyl (C=O) groups is 1. The Labute approximate surface area is 119 Å². The molecule has 106 valence electrons. The first-order valence-corrected chi connectivity index (χ1v) is 7.82. The van der Waals surface area contributed by atoms with Crippen LogP contribution in [0.4, 0.5) is 0 Å². The normalized spacial score (nSPS) is 22.7. The van der Waals surface area contributed by atoms with Crippen molar-refractivity contribution in [2.24, 2.45) is 5.41 Å². The van der Waals surface area contributed by atoms with Gasteiger partial charge < -0.3 is 10.2 Å². The van der Waals surface area contributed by atoms with Crippen LogP contribution in [0.25, 0.3) is 0 Å². The SMILES string of the molecule is CCCC1(C(=O)N(C)Cc2csc(C)n2)CCNC1. The van der Waals surface area contributed by atoms with Gasteiger partial charge in [0, 0.05) is 19.0 Å². The number of aryl methyl sites for hydroxylation is 1. The van der Waals surface area contributed by atoms with Crippen LogP contribution in [0.5, 0.6) is 0 Å². The van der Waals surface area contributed by atoms with Crippen molar-refractivity contribution in [1.29, 1.82) is 0 Å². The molecule has 2 heterocycles. The fourth-order valence-corrected chi connectivity index (χ4v) is 3.53. The van der Waals surface area contributed by atoms with Crippen LogP contribution in [0.2, 0.25) is 0 Å². The molecular formula is C14H23N3OS. The Morgan fingerprint density at radius 2 is 2.42 bits per heavy atom. The van der Waals surface area contributed by atoms with Crippen LogP contribution in [0.1, 0.15) is 36.9 Å². The van der Waals surface area contributed by atoms with Gasteiger partial charge in [-0.2, -0.15) is 0 Å². The van der Waals surface area contributed by atoms with Crippen LogP contribution in [-0.2, 0) is 11.3 Å². The van der Waals surface area contributed by atoms with Crippen molar-refractivity contribution in [3.63, 3.8) is 0 Å². The summed E-state index contributed by atoms with van der Waals surface area (Å²) in [4.78, 5) is 19.0. The van der Waals surface area contributed by atoms with E-state index in [9.17, 15) is 4.79 Å². The van der Waals surface area contributed by atoms with E-state index in [4.69, 9.17) is 0 Å². The Morgan fingerprint density at radius 3 is 2.95 bits per heavy atom. The second-order valence-corrected chi connectivity index (χ2v) is 6.54. The van der Waals surface area contributed by atoms with E-state index < -0.39 is 0 Å². The number of hydrogen-bond acceptors (Lipinski definition) is 4. The molecule has 0 saturated carbocycles. The number of carbonyl (C=O) groups excluding carboxylic acids is 1. The highest BCUT2D eigenvalue weighted by molar-refractivity contribution is 7.09. The summed E-state index contributed by atoms with van der Waals surface area (Å²) in [5.74, 6) is 0.269. The van der Waals surface area contributed by atoms with Gasteiger partial charge in [-0.15, -0.1) is 11.3 Å². The first-order chi connectivity index (χ1) is 9.07.